The van der Waals surface area contributed by atoms with Crippen LogP contribution in [0.1, 0.15) is 27.2 Å². The number of hydrogen-bond donors (Lipinski definition) is 2. The molecule has 3 aromatic rings. The molecule has 0 aliphatic carbocycles. The summed E-state index contributed by atoms with van der Waals surface area (Å²) >= 11 is 6.12. The molecule has 4 rings (SSSR count). The maximum atomic E-state index is 12.8. The van der Waals surface area contributed by atoms with E-state index in [4.69, 9.17) is 11.6 Å². The molecule has 0 saturated heterocycles. The maximum absolute atomic E-state index is 12.8. The van der Waals surface area contributed by atoms with Gasteiger partial charge in [-0.05, 0) is 55.7 Å². The number of carbonyl (C=O) groups excluding carboxylic acids is 1. The lowest BCUT2D eigenvalue weighted by molar-refractivity contribution is 0.102. The molecule has 132 valence electrons. The molecule has 0 spiro atoms. The van der Waals surface area contributed by atoms with Gasteiger partial charge in [0, 0.05) is 22.6 Å². The zero-order valence-corrected chi connectivity index (χ0v) is 15.0. The molecule has 0 fully saturated rings. The van der Waals surface area contributed by atoms with E-state index in [1.165, 1.54) is 4.57 Å². The molecule has 0 saturated carbocycles. The number of amides is 1. The van der Waals surface area contributed by atoms with E-state index in [-0.39, 0.29) is 11.3 Å². The minimum absolute atomic E-state index is 0.298. The first-order valence-electron chi connectivity index (χ1n) is 8.19. The summed E-state index contributed by atoms with van der Waals surface area (Å²) in [5.74, 6) is -0.711. The molecule has 6 nitrogen and oxygen atoms in total. The van der Waals surface area contributed by atoms with Crippen LogP contribution in [-0.4, -0.2) is 20.6 Å². The van der Waals surface area contributed by atoms with Gasteiger partial charge < -0.3 is 15.0 Å². The van der Waals surface area contributed by atoms with E-state index < -0.39 is 11.5 Å². The van der Waals surface area contributed by atoms with Crippen molar-refractivity contribution in [3.05, 3.63) is 62.0 Å². The fraction of sp³-hybridized carbons (Fsp3) is 0.211. The van der Waals surface area contributed by atoms with Gasteiger partial charge in [0.05, 0.1) is 5.52 Å². The van der Waals surface area contributed by atoms with Crippen molar-refractivity contribution in [1.82, 2.24) is 9.55 Å². The number of nitrogens with zero attached hydrogens (tertiary/aromatic N) is 2. The van der Waals surface area contributed by atoms with Crippen LogP contribution in [0.4, 0.5) is 5.82 Å². The average Bonchev–Trinajstić information content (AvgIpc) is 2.95. The third kappa shape index (κ3) is 2.54. The van der Waals surface area contributed by atoms with Gasteiger partial charge in [0.2, 0.25) is 0 Å². The van der Waals surface area contributed by atoms with Crippen LogP contribution in [0.15, 0.2) is 29.1 Å². The van der Waals surface area contributed by atoms with Crippen molar-refractivity contribution < 1.29 is 9.90 Å². The minimum atomic E-state index is -0.691. The van der Waals surface area contributed by atoms with E-state index in [0.717, 1.165) is 16.8 Å². The van der Waals surface area contributed by atoms with Crippen molar-refractivity contribution in [2.24, 2.45) is 0 Å². The van der Waals surface area contributed by atoms with Crippen molar-refractivity contribution in [1.29, 1.82) is 0 Å². The van der Waals surface area contributed by atoms with Gasteiger partial charge >= 0.3 is 0 Å². The van der Waals surface area contributed by atoms with Gasteiger partial charge in [0.1, 0.15) is 17.1 Å². The van der Waals surface area contributed by atoms with Crippen molar-refractivity contribution in [2.75, 3.05) is 5.32 Å². The Morgan fingerprint density at radius 3 is 2.77 bits per heavy atom. The average molecular weight is 370 g/mol. The van der Waals surface area contributed by atoms with Crippen LogP contribution in [0.3, 0.4) is 0 Å². The number of pyridine rings is 2. The van der Waals surface area contributed by atoms with E-state index >= 15 is 0 Å². The van der Waals surface area contributed by atoms with Gasteiger partial charge in [0.25, 0.3) is 11.5 Å². The van der Waals surface area contributed by atoms with E-state index in [2.05, 4.69) is 10.3 Å². The minimum Gasteiger partial charge on any atom is -0.506 e. The molecule has 1 aliphatic heterocycles. The number of anilines is 1. The highest BCUT2D eigenvalue weighted by molar-refractivity contribution is 6.31. The van der Waals surface area contributed by atoms with Gasteiger partial charge in [-0.2, -0.15) is 0 Å². The summed E-state index contributed by atoms with van der Waals surface area (Å²) in [5.41, 5.74) is 2.39. The number of aromatic nitrogens is 2. The summed E-state index contributed by atoms with van der Waals surface area (Å²) in [6.07, 6.45) is 0.634. The Hall–Kier alpha value is -2.86. The van der Waals surface area contributed by atoms with Crippen molar-refractivity contribution in [3.8, 4) is 5.75 Å². The number of nitrogens with one attached hydrogen (secondary N) is 1. The number of rotatable bonds is 2. The molecular formula is C19H16ClN3O3. The molecule has 2 aromatic heterocycles. The summed E-state index contributed by atoms with van der Waals surface area (Å²) in [6.45, 7) is 4.15. The molecule has 0 atom stereocenters. The first-order valence-corrected chi connectivity index (χ1v) is 8.57. The number of aromatic hydroxyl groups is 1. The van der Waals surface area contributed by atoms with Crippen LogP contribution >= 0.6 is 11.6 Å². The Kier molecular flexibility index (Phi) is 3.73. The van der Waals surface area contributed by atoms with Gasteiger partial charge in [-0.15, -0.1) is 0 Å². The zero-order valence-electron chi connectivity index (χ0n) is 14.3. The van der Waals surface area contributed by atoms with Gasteiger partial charge in [-0.25, -0.2) is 4.98 Å². The number of aryl methyl sites for hydroxylation is 4. The second kappa shape index (κ2) is 5.85. The standard InChI is InChI=1S/C19H16ClN3O3/c1-9-5-10(2)21-14(6-9)22-18(25)15-17(24)13-8-12(20)7-11-3-4-23(16(11)13)19(15)26/h5-8,24H,3-4H2,1-2H3,(H,21,22,25). The van der Waals surface area contributed by atoms with Crippen molar-refractivity contribution in [2.45, 2.75) is 26.8 Å². The molecule has 1 amide bonds. The summed E-state index contributed by atoms with van der Waals surface area (Å²) in [5, 5.41) is 14.1. The first kappa shape index (κ1) is 16.6. The zero-order chi connectivity index (χ0) is 18.6. The third-order valence-electron chi connectivity index (χ3n) is 4.55. The molecule has 1 aliphatic rings. The monoisotopic (exact) mass is 369 g/mol. The van der Waals surface area contributed by atoms with E-state index in [9.17, 15) is 14.7 Å². The Morgan fingerprint density at radius 1 is 1.27 bits per heavy atom. The first-order chi connectivity index (χ1) is 12.3. The topological polar surface area (TPSA) is 84.2 Å². The van der Waals surface area contributed by atoms with Crippen LogP contribution < -0.4 is 10.9 Å². The lowest BCUT2D eigenvalue weighted by Gasteiger charge is -2.12. The fourth-order valence-electron chi connectivity index (χ4n) is 3.55. The van der Waals surface area contributed by atoms with Crippen LogP contribution in [0, 0.1) is 13.8 Å². The van der Waals surface area contributed by atoms with Gasteiger partial charge in [-0.1, -0.05) is 11.6 Å². The highest BCUT2D eigenvalue weighted by Crippen LogP contribution is 2.35. The molecule has 2 N–H and O–H groups in total. The Bertz CT molecular complexity index is 1130. The number of hydrogen-bond acceptors (Lipinski definition) is 4. The van der Waals surface area contributed by atoms with E-state index in [1.54, 1.807) is 18.2 Å². The SMILES string of the molecule is Cc1cc(C)nc(NC(=O)c2c(O)c3cc(Cl)cc4c3n(c2=O)CC4)c1. The molecule has 0 radical (unpaired) electrons. The van der Waals surface area contributed by atoms with Gasteiger partial charge in [0.15, 0.2) is 0 Å². The van der Waals surface area contributed by atoms with Crippen LogP contribution in [0.2, 0.25) is 5.02 Å². The number of carbonyl (C=O) groups is 1. The van der Waals surface area contributed by atoms with Crippen molar-refractivity contribution in [3.63, 3.8) is 0 Å². The van der Waals surface area contributed by atoms with Crippen LogP contribution in [0.25, 0.3) is 10.9 Å². The molecule has 3 heterocycles. The fourth-order valence-corrected chi connectivity index (χ4v) is 3.79. The summed E-state index contributed by atoms with van der Waals surface area (Å²) in [6, 6.07) is 6.94. The smallest absolute Gasteiger partial charge is 0.267 e. The maximum Gasteiger partial charge on any atom is 0.267 e. The van der Waals surface area contributed by atoms with Crippen molar-refractivity contribution >= 4 is 34.2 Å². The largest absolute Gasteiger partial charge is 0.506 e. The Morgan fingerprint density at radius 2 is 2.04 bits per heavy atom. The summed E-state index contributed by atoms with van der Waals surface area (Å²) in [4.78, 5) is 29.8. The highest BCUT2D eigenvalue weighted by Gasteiger charge is 2.27. The molecular weight excluding hydrogens is 354 g/mol. The summed E-state index contributed by atoms with van der Waals surface area (Å²) in [7, 11) is 0. The van der Waals surface area contributed by atoms with Crippen LogP contribution in [0.5, 0.6) is 5.75 Å². The molecule has 1 aromatic carbocycles. The number of benzene rings is 1. The molecule has 0 bridgehead atoms. The van der Waals surface area contributed by atoms with Gasteiger partial charge in [-0.3, -0.25) is 9.59 Å². The molecule has 0 unspecified atom stereocenters. The predicted octanol–water partition coefficient (Wildman–Crippen LogP) is 3.18. The molecule has 26 heavy (non-hydrogen) atoms. The Balaban J connectivity index is 1.87. The Labute approximate surface area is 154 Å². The lowest BCUT2D eigenvalue weighted by Crippen LogP contribution is -2.29. The second-order valence-electron chi connectivity index (χ2n) is 6.52. The normalized spacial score (nSPS) is 12.6. The predicted molar refractivity (Wildman–Crippen MR) is 100 cm³/mol. The van der Waals surface area contributed by atoms with Crippen LogP contribution in [-0.2, 0) is 13.0 Å². The summed E-state index contributed by atoms with van der Waals surface area (Å²) < 4.78 is 1.52. The quantitative estimate of drug-likeness (QED) is 0.726. The van der Waals surface area contributed by atoms with E-state index in [1.807, 2.05) is 19.9 Å². The van der Waals surface area contributed by atoms with E-state index in [0.29, 0.717) is 34.7 Å². The third-order valence-corrected chi connectivity index (χ3v) is 4.76. The number of halogens is 1. The second-order valence-corrected chi connectivity index (χ2v) is 6.95. The molecule has 7 heteroatoms. The highest BCUT2D eigenvalue weighted by atomic mass is 35.5. The lowest BCUT2D eigenvalue weighted by atomic mass is 10.1.